The van der Waals surface area contributed by atoms with Crippen LogP contribution in [0.5, 0.6) is 5.75 Å². The fourth-order valence-electron chi connectivity index (χ4n) is 5.22. The third kappa shape index (κ3) is 7.54. The summed E-state index contributed by atoms with van der Waals surface area (Å²) in [4.78, 5) is 39.5. The summed E-state index contributed by atoms with van der Waals surface area (Å²) < 4.78 is 34.3. The van der Waals surface area contributed by atoms with Crippen LogP contribution in [-0.2, 0) is 26.2 Å². The van der Waals surface area contributed by atoms with Gasteiger partial charge >= 0.3 is 0 Å². The first kappa shape index (κ1) is 32.5. The van der Waals surface area contributed by atoms with Gasteiger partial charge in [-0.05, 0) is 69.5 Å². The molecule has 3 aromatic rings. The molecule has 4 rings (SSSR count). The van der Waals surface area contributed by atoms with E-state index in [2.05, 4.69) is 5.32 Å². The summed E-state index contributed by atoms with van der Waals surface area (Å²) in [7, 11) is -3.01. The van der Waals surface area contributed by atoms with Crippen molar-refractivity contribution in [1.82, 2.24) is 10.2 Å². The average Bonchev–Trinajstić information content (AvgIpc) is 3.52. The van der Waals surface area contributed by atoms with Crippen molar-refractivity contribution in [2.75, 3.05) is 18.0 Å². The molecule has 2 amide bonds. The lowest BCUT2D eigenvalue weighted by atomic mass is 10.1. The molecule has 1 aliphatic carbocycles. The summed E-state index contributed by atoms with van der Waals surface area (Å²) in [6.07, 6.45) is 3.79. The second kappa shape index (κ2) is 13.9. The number of nitro groups is 1. The Bertz CT molecular complexity index is 1600. The summed E-state index contributed by atoms with van der Waals surface area (Å²) >= 11 is 0. The Labute approximate surface area is 258 Å². The molecule has 1 saturated carbocycles. The Hall–Kier alpha value is -4.45. The molecular formula is C32H38N4O7S. The van der Waals surface area contributed by atoms with Gasteiger partial charge in [0.1, 0.15) is 18.3 Å². The molecule has 3 aromatic carbocycles. The fourth-order valence-corrected chi connectivity index (χ4v) is 6.65. The molecule has 12 heteroatoms. The summed E-state index contributed by atoms with van der Waals surface area (Å²) in [5.41, 5.74) is 1.90. The number of hydrogen-bond donors (Lipinski definition) is 1. The largest absolute Gasteiger partial charge is 0.497 e. The van der Waals surface area contributed by atoms with E-state index < -0.39 is 33.4 Å². The van der Waals surface area contributed by atoms with Crippen LogP contribution in [0, 0.1) is 24.0 Å². The minimum absolute atomic E-state index is 0.0368. The maximum atomic E-state index is 14.1. The average molecular weight is 623 g/mol. The van der Waals surface area contributed by atoms with E-state index in [9.17, 15) is 28.1 Å². The van der Waals surface area contributed by atoms with Crippen LogP contribution in [0.15, 0.2) is 71.6 Å². The standard InChI is InChI=1S/C32H38N4O7S/c1-22-9-12-25(13-10-22)20-34(24(3)32(38)33-26-7-5-6-8-26)31(37)21-35(27-14-16-28(43-4)17-15-27)44(41,42)29-18-11-23(2)30(19-29)36(39)40/h9-19,24,26H,5-8,20-21H2,1-4H3,(H,33,38). The Balaban J connectivity index is 1.73. The molecule has 1 unspecified atom stereocenters. The zero-order chi connectivity index (χ0) is 32.0. The highest BCUT2D eigenvalue weighted by atomic mass is 32.2. The van der Waals surface area contributed by atoms with Gasteiger partial charge in [-0.1, -0.05) is 48.7 Å². The van der Waals surface area contributed by atoms with Crippen LogP contribution in [-0.4, -0.2) is 55.8 Å². The van der Waals surface area contributed by atoms with Crippen molar-refractivity contribution in [2.24, 2.45) is 0 Å². The summed E-state index contributed by atoms with van der Waals surface area (Å²) in [6.45, 7) is 4.51. The lowest BCUT2D eigenvalue weighted by Crippen LogP contribution is -2.52. The van der Waals surface area contributed by atoms with Crippen molar-refractivity contribution < 1.29 is 27.7 Å². The zero-order valence-electron chi connectivity index (χ0n) is 25.4. The van der Waals surface area contributed by atoms with E-state index >= 15 is 0 Å². The highest BCUT2D eigenvalue weighted by Crippen LogP contribution is 2.29. The van der Waals surface area contributed by atoms with E-state index in [4.69, 9.17) is 4.74 Å². The van der Waals surface area contributed by atoms with Gasteiger partial charge in [0.25, 0.3) is 15.7 Å². The lowest BCUT2D eigenvalue weighted by Gasteiger charge is -2.32. The second-order valence-electron chi connectivity index (χ2n) is 11.1. The number of amides is 2. The number of benzene rings is 3. The van der Waals surface area contributed by atoms with Crippen LogP contribution in [0.25, 0.3) is 0 Å². The maximum absolute atomic E-state index is 14.1. The van der Waals surface area contributed by atoms with Gasteiger partial charge in [0.2, 0.25) is 11.8 Å². The molecule has 11 nitrogen and oxygen atoms in total. The smallest absolute Gasteiger partial charge is 0.273 e. The lowest BCUT2D eigenvalue weighted by molar-refractivity contribution is -0.385. The monoisotopic (exact) mass is 622 g/mol. The molecule has 1 fully saturated rings. The topological polar surface area (TPSA) is 139 Å². The number of sulfonamides is 1. The number of rotatable bonds is 12. The minimum Gasteiger partial charge on any atom is -0.497 e. The van der Waals surface area contributed by atoms with E-state index in [1.807, 2.05) is 31.2 Å². The van der Waals surface area contributed by atoms with Gasteiger partial charge in [0, 0.05) is 24.2 Å². The van der Waals surface area contributed by atoms with Crippen molar-refractivity contribution in [1.29, 1.82) is 0 Å². The Kier molecular flexibility index (Phi) is 10.3. The van der Waals surface area contributed by atoms with E-state index in [0.29, 0.717) is 11.3 Å². The molecule has 0 saturated heterocycles. The van der Waals surface area contributed by atoms with Crippen LogP contribution < -0.4 is 14.4 Å². The van der Waals surface area contributed by atoms with E-state index in [0.717, 1.165) is 47.2 Å². The number of carbonyl (C=O) groups excluding carboxylic acids is 2. The molecule has 0 aliphatic heterocycles. The first-order chi connectivity index (χ1) is 20.9. The Morgan fingerprint density at radius 2 is 1.66 bits per heavy atom. The Morgan fingerprint density at radius 1 is 1.02 bits per heavy atom. The summed E-state index contributed by atoms with van der Waals surface area (Å²) in [6, 6.07) is 16.4. The third-order valence-corrected chi connectivity index (χ3v) is 9.72. The van der Waals surface area contributed by atoms with E-state index in [-0.39, 0.29) is 34.8 Å². The highest BCUT2D eigenvalue weighted by Gasteiger charge is 2.34. The second-order valence-corrected chi connectivity index (χ2v) is 13.0. The molecule has 0 aromatic heterocycles. The molecule has 0 radical (unpaired) electrons. The normalized spacial score (nSPS) is 14.1. The van der Waals surface area contributed by atoms with E-state index in [1.165, 1.54) is 43.2 Å². The van der Waals surface area contributed by atoms with Crippen molar-refractivity contribution in [3.8, 4) is 5.75 Å². The molecule has 44 heavy (non-hydrogen) atoms. The number of anilines is 1. The number of nitrogens with zero attached hydrogens (tertiary/aromatic N) is 3. The number of methoxy groups -OCH3 is 1. The SMILES string of the molecule is COc1ccc(N(CC(=O)N(Cc2ccc(C)cc2)C(C)C(=O)NC2CCCC2)S(=O)(=O)c2ccc(C)c([N+](=O)[O-])c2)cc1. The highest BCUT2D eigenvalue weighted by molar-refractivity contribution is 7.92. The van der Waals surface area contributed by atoms with Crippen molar-refractivity contribution in [3.05, 3.63) is 93.5 Å². The molecular weight excluding hydrogens is 584 g/mol. The number of carbonyl (C=O) groups is 2. The van der Waals surface area contributed by atoms with Crippen LogP contribution in [0.1, 0.15) is 49.3 Å². The Morgan fingerprint density at radius 3 is 2.25 bits per heavy atom. The van der Waals surface area contributed by atoms with E-state index in [1.54, 1.807) is 19.1 Å². The number of ether oxygens (including phenoxy) is 1. The predicted octanol–water partition coefficient (Wildman–Crippen LogP) is 4.89. The van der Waals surface area contributed by atoms with Gasteiger partial charge in [-0.2, -0.15) is 0 Å². The van der Waals surface area contributed by atoms with Crippen LogP contribution in [0.4, 0.5) is 11.4 Å². The van der Waals surface area contributed by atoms with Gasteiger partial charge in [-0.3, -0.25) is 24.0 Å². The zero-order valence-corrected chi connectivity index (χ0v) is 26.2. The van der Waals surface area contributed by atoms with Crippen LogP contribution in [0.3, 0.4) is 0 Å². The van der Waals surface area contributed by atoms with Gasteiger partial charge < -0.3 is 15.0 Å². The number of hydrogen-bond acceptors (Lipinski definition) is 7. The van der Waals surface area contributed by atoms with Crippen LogP contribution in [0.2, 0.25) is 0 Å². The first-order valence-electron chi connectivity index (χ1n) is 14.5. The summed E-state index contributed by atoms with van der Waals surface area (Å²) in [5, 5.41) is 14.7. The third-order valence-electron chi connectivity index (χ3n) is 7.95. The van der Waals surface area contributed by atoms with Crippen molar-refractivity contribution >= 4 is 33.2 Å². The summed E-state index contributed by atoms with van der Waals surface area (Å²) in [5.74, 6) is -0.451. The molecule has 0 spiro atoms. The van der Waals surface area contributed by atoms with Gasteiger partial charge in [0.05, 0.1) is 22.6 Å². The van der Waals surface area contributed by atoms with Crippen molar-refractivity contribution in [3.63, 3.8) is 0 Å². The minimum atomic E-state index is -4.48. The molecule has 1 atom stereocenters. The van der Waals surface area contributed by atoms with Gasteiger partial charge in [0.15, 0.2) is 0 Å². The first-order valence-corrected chi connectivity index (χ1v) is 15.9. The number of nitro benzene ring substituents is 1. The predicted molar refractivity (Wildman–Crippen MR) is 167 cm³/mol. The van der Waals surface area contributed by atoms with Crippen LogP contribution >= 0.6 is 0 Å². The molecule has 234 valence electrons. The van der Waals surface area contributed by atoms with Gasteiger partial charge in [-0.15, -0.1) is 0 Å². The number of aryl methyl sites for hydroxylation is 2. The van der Waals surface area contributed by atoms with Crippen molar-refractivity contribution in [2.45, 2.75) is 70.0 Å². The molecule has 0 bridgehead atoms. The molecule has 1 N–H and O–H groups in total. The molecule has 1 aliphatic rings. The van der Waals surface area contributed by atoms with Gasteiger partial charge in [-0.25, -0.2) is 8.42 Å². The quantitative estimate of drug-likeness (QED) is 0.224. The number of nitrogens with one attached hydrogen (secondary N) is 1. The molecule has 0 heterocycles. The maximum Gasteiger partial charge on any atom is 0.273 e. The fraction of sp³-hybridized carbons (Fsp3) is 0.375.